The predicted octanol–water partition coefficient (Wildman–Crippen LogP) is 4.98. The molecule has 3 aliphatic rings. The normalized spacial score (nSPS) is 20.8. The summed E-state index contributed by atoms with van der Waals surface area (Å²) in [7, 11) is 0. The quantitative estimate of drug-likeness (QED) is 0.411. The maximum atomic E-state index is 14.2. The van der Waals surface area contributed by atoms with Crippen LogP contribution in [0.15, 0.2) is 60.7 Å². The Kier molecular flexibility index (Phi) is 7.09. The maximum Gasteiger partial charge on any atom is 0.296 e. The smallest absolute Gasteiger partial charge is 0.296 e. The molecule has 1 aromatic heterocycles. The van der Waals surface area contributed by atoms with Crippen molar-refractivity contribution < 1.29 is 18.8 Å². The topological polar surface area (TPSA) is 78.8 Å². The summed E-state index contributed by atoms with van der Waals surface area (Å²) in [5, 5.41) is 8.36. The first kappa shape index (κ1) is 27.1. The van der Waals surface area contributed by atoms with Crippen molar-refractivity contribution in [3.05, 3.63) is 94.0 Å². The molecule has 1 saturated heterocycles. The van der Waals surface area contributed by atoms with Gasteiger partial charge in [0.15, 0.2) is 5.69 Å². The van der Waals surface area contributed by atoms with Crippen LogP contribution in [0.25, 0.3) is 17.3 Å². The van der Waals surface area contributed by atoms with Crippen LogP contribution in [0.3, 0.4) is 0 Å². The van der Waals surface area contributed by atoms with E-state index in [2.05, 4.69) is 12.2 Å². The first-order valence-corrected chi connectivity index (χ1v) is 13.9. The standard InChI is InChI=1S/C31H29ClFN5O3/c1-19(39)35-15-24(14-21-6-10-26(33)11-7-21)30-28(18-35)29(34-37(30)27-12-8-25(32)9-13-27)31(41)38(20(2)40)36-16-22-4-3-5-23(22)17-36/h3-4,6-14,22-23H,5,15-18H2,1-2H3. The van der Waals surface area contributed by atoms with Gasteiger partial charge >= 0.3 is 0 Å². The molecule has 210 valence electrons. The third-order valence-electron chi connectivity index (χ3n) is 8.00. The molecule has 1 aliphatic carbocycles. The van der Waals surface area contributed by atoms with Crippen molar-refractivity contribution in [2.75, 3.05) is 19.6 Å². The third-order valence-corrected chi connectivity index (χ3v) is 8.25. The van der Waals surface area contributed by atoms with Gasteiger partial charge in [0.2, 0.25) is 11.8 Å². The molecule has 0 bridgehead atoms. The molecule has 2 unspecified atom stereocenters. The number of rotatable bonds is 4. The Balaban J connectivity index is 1.51. The molecular formula is C31H29ClFN5O3. The number of nitrogens with zero attached hydrogens (tertiary/aromatic N) is 5. The molecule has 10 heteroatoms. The highest BCUT2D eigenvalue weighted by Gasteiger charge is 2.41. The zero-order chi connectivity index (χ0) is 28.8. The summed E-state index contributed by atoms with van der Waals surface area (Å²) in [6.45, 7) is 4.45. The second-order valence-electron chi connectivity index (χ2n) is 10.8. The molecule has 3 heterocycles. The molecule has 0 saturated carbocycles. The van der Waals surface area contributed by atoms with Gasteiger partial charge in [-0.05, 0) is 71.9 Å². The minimum atomic E-state index is -0.531. The fourth-order valence-corrected chi connectivity index (χ4v) is 6.12. The van der Waals surface area contributed by atoms with Crippen molar-refractivity contribution in [1.82, 2.24) is 24.7 Å². The fraction of sp³-hybridized carbons (Fsp3) is 0.290. The molecule has 0 spiro atoms. The zero-order valence-electron chi connectivity index (χ0n) is 22.8. The fourth-order valence-electron chi connectivity index (χ4n) is 6.00. The van der Waals surface area contributed by atoms with E-state index in [1.165, 1.54) is 31.0 Å². The van der Waals surface area contributed by atoms with Gasteiger partial charge in [-0.15, -0.1) is 0 Å². The summed E-state index contributed by atoms with van der Waals surface area (Å²) in [6, 6.07) is 13.1. The number of imide groups is 1. The molecule has 3 aromatic rings. The number of aromatic nitrogens is 2. The average Bonchev–Trinajstić information content (AvgIpc) is 3.64. The van der Waals surface area contributed by atoms with Crippen LogP contribution in [0.1, 0.15) is 47.6 Å². The van der Waals surface area contributed by atoms with E-state index in [0.717, 1.165) is 17.6 Å². The molecule has 41 heavy (non-hydrogen) atoms. The van der Waals surface area contributed by atoms with Crippen LogP contribution < -0.4 is 0 Å². The lowest BCUT2D eigenvalue weighted by atomic mass is 9.97. The molecule has 6 rings (SSSR count). The van der Waals surface area contributed by atoms with Gasteiger partial charge in [-0.2, -0.15) is 5.10 Å². The number of allylic oxidation sites excluding steroid dienone is 1. The van der Waals surface area contributed by atoms with Crippen LogP contribution in [0, 0.1) is 17.7 Å². The maximum absolute atomic E-state index is 14.2. The number of hydrogen-bond acceptors (Lipinski definition) is 5. The summed E-state index contributed by atoms with van der Waals surface area (Å²) >= 11 is 6.17. The molecule has 2 atom stereocenters. The number of carbonyl (C=O) groups is 3. The Bertz CT molecular complexity index is 1590. The molecule has 0 radical (unpaired) electrons. The summed E-state index contributed by atoms with van der Waals surface area (Å²) in [6.07, 6.45) is 7.10. The van der Waals surface area contributed by atoms with Crippen LogP contribution >= 0.6 is 11.6 Å². The van der Waals surface area contributed by atoms with Gasteiger partial charge in [0, 0.05) is 44.1 Å². The van der Waals surface area contributed by atoms with Crippen LogP contribution in [0.2, 0.25) is 5.02 Å². The molecule has 8 nitrogen and oxygen atoms in total. The first-order chi connectivity index (χ1) is 19.7. The number of halogens is 2. The van der Waals surface area contributed by atoms with Crippen molar-refractivity contribution in [2.24, 2.45) is 11.8 Å². The Hall–Kier alpha value is -4.08. The van der Waals surface area contributed by atoms with E-state index in [4.69, 9.17) is 16.7 Å². The number of hydrogen-bond donors (Lipinski definition) is 0. The lowest BCUT2D eigenvalue weighted by Crippen LogP contribution is -2.49. The molecule has 1 fully saturated rings. The van der Waals surface area contributed by atoms with Crippen LogP contribution in [0.5, 0.6) is 0 Å². The summed E-state index contributed by atoms with van der Waals surface area (Å²) < 4.78 is 15.3. The molecular weight excluding hydrogens is 545 g/mol. The van der Waals surface area contributed by atoms with Crippen molar-refractivity contribution in [1.29, 1.82) is 0 Å². The Morgan fingerprint density at radius 3 is 2.41 bits per heavy atom. The SMILES string of the molecule is CC(=O)N1CC(=Cc2ccc(F)cc2)c2c(c(C(=O)N(C(C)=O)N3CC4C=CCC4C3)nn2-c2ccc(Cl)cc2)C1. The highest BCUT2D eigenvalue weighted by Crippen LogP contribution is 2.37. The highest BCUT2D eigenvalue weighted by atomic mass is 35.5. The second-order valence-corrected chi connectivity index (χ2v) is 11.2. The summed E-state index contributed by atoms with van der Waals surface area (Å²) in [5.74, 6) is -0.785. The number of fused-ring (bicyclic) bond motifs is 2. The Labute approximate surface area is 242 Å². The lowest BCUT2D eigenvalue weighted by Gasteiger charge is -2.31. The van der Waals surface area contributed by atoms with Gasteiger partial charge in [0.1, 0.15) is 5.82 Å². The Morgan fingerprint density at radius 1 is 1.02 bits per heavy atom. The molecule has 0 N–H and O–H groups in total. The van der Waals surface area contributed by atoms with E-state index < -0.39 is 11.8 Å². The van der Waals surface area contributed by atoms with Crippen molar-refractivity contribution >= 4 is 41.0 Å². The number of hydrazine groups is 1. The van der Waals surface area contributed by atoms with E-state index in [0.29, 0.717) is 46.9 Å². The lowest BCUT2D eigenvalue weighted by molar-refractivity contribution is -0.138. The van der Waals surface area contributed by atoms with Gasteiger partial charge in [-0.3, -0.25) is 14.4 Å². The minimum absolute atomic E-state index is 0.105. The van der Waals surface area contributed by atoms with E-state index >= 15 is 0 Å². The van der Waals surface area contributed by atoms with Crippen molar-refractivity contribution in [3.8, 4) is 5.69 Å². The summed E-state index contributed by atoms with van der Waals surface area (Å²) in [5.41, 5.74) is 3.43. The number of benzene rings is 2. The van der Waals surface area contributed by atoms with Crippen LogP contribution in [-0.2, 0) is 16.1 Å². The van der Waals surface area contributed by atoms with E-state index in [9.17, 15) is 18.8 Å². The third kappa shape index (κ3) is 5.11. The largest absolute Gasteiger partial charge is 0.334 e. The summed E-state index contributed by atoms with van der Waals surface area (Å²) in [4.78, 5) is 41.5. The highest BCUT2D eigenvalue weighted by molar-refractivity contribution is 6.30. The minimum Gasteiger partial charge on any atom is -0.334 e. The van der Waals surface area contributed by atoms with Gasteiger partial charge in [0.05, 0.1) is 17.9 Å². The average molecular weight is 574 g/mol. The number of carbonyl (C=O) groups excluding carboxylic acids is 3. The van der Waals surface area contributed by atoms with Crippen LogP contribution in [0.4, 0.5) is 4.39 Å². The van der Waals surface area contributed by atoms with Crippen LogP contribution in [-0.4, -0.2) is 62.1 Å². The molecule has 2 aliphatic heterocycles. The van der Waals surface area contributed by atoms with E-state index in [1.807, 2.05) is 11.1 Å². The predicted molar refractivity (Wildman–Crippen MR) is 153 cm³/mol. The van der Waals surface area contributed by atoms with Crippen molar-refractivity contribution in [2.45, 2.75) is 26.8 Å². The van der Waals surface area contributed by atoms with E-state index in [1.54, 1.807) is 46.0 Å². The first-order valence-electron chi connectivity index (χ1n) is 13.6. The molecule has 2 aromatic carbocycles. The van der Waals surface area contributed by atoms with Gasteiger partial charge in [0.25, 0.3) is 5.91 Å². The molecule has 3 amide bonds. The van der Waals surface area contributed by atoms with E-state index in [-0.39, 0.29) is 30.5 Å². The monoisotopic (exact) mass is 573 g/mol. The second kappa shape index (κ2) is 10.7. The van der Waals surface area contributed by atoms with Gasteiger partial charge in [-0.1, -0.05) is 35.9 Å². The van der Waals surface area contributed by atoms with Gasteiger partial charge in [-0.25, -0.2) is 19.1 Å². The van der Waals surface area contributed by atoms with Crippen molar-refractivity contribution in [3.63, 3.8) is 0 Å². The zero-order valence-corrected chi connectivity index (χ0v) is 23.5. The Morgan fingerprint density at radius 2 is 1.76 bits per heavy atom. The van der Waals surface area contributed by atoms with Gasteiger partial charge < -0.3 is 4.90 Å². The number of amides is 3.